The van der Waals surface area contributed by atoms with Crippen molar-refractivity contribution in [2.24, 2.45) is 0 Å². The van der Waals surface area contributed by atoms with Gasteiger partial charge in [0.05, 0.1) is 7.11 Å². The maximum absolute atomic E-state index is 11.8. The smallest absolute Gasteiger partial charge is 0.284 e. The number of methoxy groups -OCH3 is 1. The number of aryl methyl sites for hydroxylation is 1. The van der Waals surface area contributed by atoms with E-state index in [0.29, 0.717) is 18.1 Å². The molecule has 3 nitrogen and oxygen atoms in total. The fourth-order valence-electron chi connectivity index (χ4n) is 1.61. The first kappa shape index (κ1) is 11.5. The van der Waals surface area contributed by atoms with Crippen LogP contribution in [0.3, 0.4) is 0 Å². The number of hydrogen-bond donors (Lipinski definition) is 0. The highest BCUT2D eigenvalue weighted by Crippen LogP contribution is 2.17. The summed E-state index contributed by atoms with van der Waals surface area (Å²) in [5, 5.41) is 0. The van der Waals surface area contributed by atoms with Crippen LogP contribution in [0.25, 0.3) is 0 Å². The number of ketones is 1. The molecule has 0 aliphatic carbocycles. The van der Waals surface area contributed by atoms with Crippen molar-refractivity contribution in [2.75, 3.05) is 7.11 Å². The average molecular weight is 230 g/mol. The van der Waals surface area contributed by atoms with Crippen molar-refractivity contribution < 1.29 is 13.9 Å². The van der Waals surface area contributed by atoms with Gasteiger partial charge in [-0.25, -0.2) is 0 Å². The summed E-state index contributed by atoms with van der Waals surface area (Å²) < 4.78 is 10.1. The fourth-order valence-corrected chi connectivity index (χ4v) is 1.61. The van der Waals surface area contributed by atoms with Crippen LogP contribution in [0.2, 0.25) is 0 Å². The van der Waals surface area contributed by atoms with E-state index in [1.54, 1.807) is 12.1 Å². The Morgan fingerprint density at radius 1 is 1.18 bits per heavy atom. The number of furan rings is 1. The van der Waals surface area contributed by atoms with E-state index in [0.717, 1.165) is 12.0 Å². The van der Waals surface area contributed by atoms with Gasteiger partial charge in [-0.2, -0.15) is 0 Å². The summed E-state index contributed by atoms with van der Waals surface area (Å²) in [6.45, 7) is 0. The number of Topliss-reactive ketones (excluding diaryl/α,β-unsaturated/α-hetero) is 1. The van der Waals surface area contributed by atoms with Crippen molar-refractivity contribution >= 4 is 5.78 Å². The molecule has 0 bridgehead atoms. The number of ether oxygens (including phenoxy) is 1. The third kappa shape index (κ3) is 2.97. The van der Waals surface area contributed by atoms with Crippen LogP contribution in [0, 0.1) is 0 Å². The maximum atomic E-state index is 11.8. The van der Waals surface area contributed by atoms with Gasteiger partial charge < -0.3 is 9.15 Å². The summed E-state index contributed by atoms with van der Waals surface area (Å²) >= 11 is 0. The highest BCUT2D eigenvalue weighted by atomic mass is 16.6. The molecule has 0 radical (unpaired) electrons. The Bertz CT molecular complexity index is 485. The standard InChI is InChI=1S/C14H14O3/c1-16-14-10-9-13(17-14)12(15)8-7-11-5-3-2-4-6-11/h2-6,9-10H,7-8H2,1H3. The zero-order valence-electron chi connectivity index (χ0n) is 9.68. The van der Waals surface area contributed by atoms with Crippen LogP contribution in [0.4, 0.5) is 0 Å². The Balaban J connectivity index is 1.93. The second kappa shape index (κ2) is 5.34. The molecule has 1 heterocycles. The molecule has 2 rings (SSSR count). The Kier molecular flexibility index (Phi) is 3.60. The number of benzene rings is 1. The Morgan fingerprint density at radius 2 is 1.94 bits per heavy atom. The van der Waals surface area contributed by atoms with Gasteiger partial charge in [-0.15, -0.1) is 0 Å². The van der Waals surface area contributed by atoms with Gasteiger partial charge in [-0.3, -0.25) is 4.79 Å². The highest BCUT2D eigenvalue weighted by molar-refractivity contribution is 5.93. The van der Waals surface area contributed by atoms with Gasteiger partial charge in [-0.05, 0) is 18.1 Å². The van der Waals surface area contributed by atoms with Crippen LogP contribution in [-0.4, -0.2) is 12.9 Å². The topological polar surface area (TPSA) is 39.4 Å². The lowest BCUT2D eigenvalue weighted by molar-refractivity contribution is 0.0950. The minimum atomic E-state index is -0.00264. The Hall–Kier alpha value is -2.03. The van der Waals surface area contributed by atoms with E-state index in [9.17, 15) is 4.79 Å². The Morgan fingerprint density at radius 3 is 2.59 bits per heavy atom. The molecule has 0 unspecified atom stereocenters. The normalized spacial score (nSPS) is 10.2. The first-order chi connectivity index (χ1) is 8.29. The molecule has 1 aromatic carbocycles. The lowest BCUT2D eigenvalue weighted by atomic mass is 10.1. The molecule has 88 valence electrons. The molecule has 0 atom stereocenters. The van der Waals surface area contributed by atoms with Gasteiger partial charge in [0, 0.05) is 12.5 Å². The monoisotopic (exact) mass is 230 g/mol. The molecule has 1 aromatic heterocycles. The largest absolute Gasteiger partial charge is 0.468 e. The van der Waals surface area contributed by atoms with Gasteiger partial charge >= 0.3 is 0 Å². The van der Waals surface area contributed by atoms with E-state index >= 15 is 0 Å². The van der Waals surface area contributed by atoms with E-state index in [2.05, 4.69) is 0 Å². The average Bonchev–Trinajstić information content (AvgIpc) is 2.86. The predicted octanol–water partition coefficient (Wildman–Crippen LogP) is 3.10. The second-order valence-electron chi connectivity index (χ2n) is 3.73. The molecule has 2 aromatic rings. The summed E-state index contributed by atoms with van der Waals surface area (Å²) in [6.07, 6.45) is 1.17. The minimum Gasteiger partial charge on any atom is -0.468 e. The van der Waals surface area contributed by atoms with Crippen LogP contribution >= 0.6 is 0 Å². The van der Waals surface area contributed by atoms with Gasteiger partial charge in [0.25, 0.3) is 5.95 Å². The molecule has 0 spiro atoms. The number of hydrogen-bond acceptors (Lipinski definition) is 3. The summed E-state index contributed by atoms with van der Waals surface area (Å²) in [6, 6.07) is 13.2. The maximum Gasteiger partial charge on any atom is 0.284 e. The summed E-state index contributed by atoms with van der Waals surface area (Å²) in [5.74, 6) is 0.725. The summed E-state index contributed by atoms with van der Waals surface area (Å²) in [5.41, 5.74) is 1.15. The first-order valence-electron chi connectivity index (χ1n) is 5.50. The molecule has 0 amide bonds. The van der Waals surface area contributed by atoms with Gasteiger partial charge in [0.15, 0.2) is 11.5 Å². The second-order valence-corrected chi connectivity index (χ2v) is 3.73. The highest BCUT2D eigenvalue weighted by Gasteiger charge is 2.11. The summed E-state index contributed by atoms with van der Waals surface area (Å²) in [7, 11) is 1.51. The molecule has 0 fully saturated rings. The van der Waals surface area contributed by atoms with Crippen molar-refractivity contribution in [3.63, 3.8) is 0 Å². The lowest BCUT2D eigenvalue weighted by Crippen LogP contribution is -1.99. The third-order valence-corrected chi connectivity index (χ3v) is 2.54. The molecule has 0 aliphatic rings. The van der Waals surface area contributed by atoms with Crippen molar-refractivity contribution in [3.05, 3.63) is 53.8 Å². The lowest BCUT2D eigenvalue weighted by Gasteiger charge is -1.99. The van der Waals surface area contributed by atoms with Crippen molar-refractivity contribution in [3.8, 4) is 5.95 Å². The molecule has 0 saturated carbocycles. The van der Waals surface area contributed by atoms with Crippen LogP contribution < -0.4 is 4.74 Å². The van der Waals surface area contributed by atoms with Gasteiger partial charge in [0.2, 0.25) is 0 Å². The number of rotatable bonds is 5. The number of carbonyl (C=O) groups is 1. The number of carbonyl (C=O) groups excluding carboxylic acids is 1. The van der Waals surface area contributed by atoms with Gasteiger partial charge in [0.1, 0.15) is 0 Å². The Labute approximate surface area is 100 Å². The fraction of sp³-hybridized carbons (Fsp3) is 0.214. The van der Waals surface area contributed by atoms with E-state index in [-0.39, 0.29) is 5.78 Å². The first-order valence-corrected chi connectivity index (χ1v) is 5.50. The van der Waals surface area contributed by atoms with E-state index in [1.165, 1.54) is 7.11 Å². The molecule has 0 N–H and O–H groups in total. The molecular weight excluding hydrogens is 216 g/mol. The quantitative estimate of drug-likeness (QED) is 0.741. The van der Waals surface area contributed by atoms with Crippen LogP contribution in [-0.2, 0) is 6.42 Å². The molecule has 0 saturated heterocycles. The SMILES string of the molecule is COc1ccc(C(=O)CCc2ccccc2)o1. The van der Waals surface area contributed by atoms with Crippen LogP contribution in [0.1, 0.15) is 22.5 Å². The molecule has 3 heteroatoms. The zero-order chi connectivity index (χ0) is 12.1. The zero-order valence-corrected chi connectivity index (χ0v) is 9.68. The summed E-state index contributed by atoms with van der Waals surface area (Å²) in [4.78, 5) is 11.8. The minimum absolute atomic E-state index is 0.00264. The third-order valence-electron chi connectivity index (χ3n) is 2.54. The van der Waals surface area contributed by atoms with E-state index < -0.39 is 0 Å². The van der Waals surface area contributed by atoms with E-state index in [1.807, 2.05) is 30.3 Å². The predicted molar refractivity (Wildman–Crippen MR) is 64.4 cm³/mol. The van der Waals surface area contributed by atoms with Crippen molar-refractivity contribution in [1.82, 2.24) is 0 Å². The molecule has 0 aliphatic heterocycles. The van der Waals surface area contributed by atoms with Crippen molar-refractivity contribution in [2.45, 2.75) is 12.8 Å². The molecular formula is C14H14O3. The molecule has 17 heavy (non-hydrogen) atoms. The van der Waals surface area contributed by atoms with Crippen LogP contribution in [0.5, 0.6) is 5.95 Å². The van der Waals surface area contributed by atoms with E-state index in [4.69, 9.17) is 9.15 Å². The van der Waals surface area contributed by atoms with Gasteiger partial charge in [-0.1, -0.05) is 30.3 Å². The van der Waals surface area contributed by atoms with Crippen molar-refractivity contribution in [1.29, 1.82) is 0 Å². The van der Waals surface area contributed by atoms with Crippen LogP contribution in [0.15, 0.2) is 46.9 Å².